The Bertz CT molecular complexity index is 1320. The van der Waals surface area contributed by atoms with Crippen molar-refractivity contribution in [3.8, 4) is 28.4 Å². The molecule has 0 spiro atoms. The van der Waals surface area contributed by atoms with Crippen LogP contribution in [0.5, 0.6) is 11.5 Å². The number of aromatic nitrogens is 2. The molecule has 1 amide bonds. The van der Waals surface area contributed by atoms with Gasteiger partial charge in [-0.05, 0) is 49.2 Å². The minimum Gasteiger partial charge on any atom is -0.486 e. The summed E-state index contributed by atoms with van der Waals surface area (Å²) in [5.74, 6) is 1.33. The van der Waals surface area contributed by atoms with Gasteiger partial charge in [0.05, 0.1) is 23.2 Å². The summed E-state index contributed by atoms with van der Waals surface area (Å²) >= 11 is 6.86. The average Bonchev–Trinajstić information content (AvgIpc) is 3.62. The number of para-hydroxylation sites is 1. The zero-order chi connectivity index (χ0) is 23.8. The van der Waals surface area contributed by atoms with Gasteiger partial charge >= 0.3 is 0 Å². The van der Waals surface area contributed by atoms with Gasteiger partial charge in [0, 0.05) is 23.9 Å². The van der Waals surface area contributed by atoms with Gasteiger partial charge < -0.3 is 14.2 Å². The smallest absolute Gasteiger partial charge is 0.266 e. The third-order valence-corrected chi connectivity index (χ3v) is 7.53. The molecule has 9 heteroatoms. The summed E-state index contributed by atoms with van der Waals surface area (Å²) in [6.07, 6.45) is 5.84. The van der Waals surface area contributed by atoms with Gasteiger partial charge in [-0.25, -0.2) is 4.68 Å². The first kappa shape index (κ1) is 22.3. The molecule has 0 radical (unpaired) electrons. The fraction of sp³-hybridized carbons (Fsp3) is 0.269. The minimum atomic E-state index is -0.0870. The quantitative estimate of drug-likeness (QED) is 0.368. The summed E-state index contributed by atoms with van der Waals surface area (Å²) in [7, 11) is 0. The van der Waals surface area contributed by atoms with E-state index in [1.54, 1.807) is 4.90 Å². The Morgan fingerprint density at radius 1 is 1.09 bits per heavy atom. The second kappa shape index (κ2) is 9.49. The molecule has 7 nitrogen and oxygen atoms in total. The second-order valence-electron chi connectivity index (χ2n) is 8.50. The summed E-state index contributed by atoms with van der Waals surface area (Å²) < 4.78 is 19.6. The highest BCUT2D eigenvalue weighted by molar-refractivity contribution is 8.26. The van der Waals surface area contributed by atoms with Crippen molar-refractivity contribution < 1.29 is 19.0 Å². The first-order valence-corrected chi connectivity index (χ1v) is 12.8. The van der Waals surface area contributed by atoms with Crippen molar-refractivity contribution in [1.82, 2.24) is 14.7 Å². The molecule has 178 valence electrons. The van der Waals surface area contributed by atoms with Gasteiger partial charge in [-0.15, -0.1) is 0 Å². The Labute approximate surface area is 212 Å². The third kappa shape index (κ3) is 4.47. The Kier molecular flexibility index (Phi) is 6.05. The molecule has 2 saturated heterocycles. The first-order valence-electron chi connectivity index (χ1n) is 11.6. The molecule has 4 heterocycles. The lowest BCUT2D eigenvalue weighted by molar-refractivity contribution is -0.123. The molecule has 2 fully saturated rings. The van der Waals surface area contributed by atoms with Crippen LogP contribution in [-0.2, 0) is 9.53 Å². The van der Waals surface area contributed by atoms with E-state index < -0.39 is 0 Å². The fourth-order valence-corrected chi connectivity index (χ4v) is 5.68. The topological polar surface area (TPSA) is 65.8 Å². The van der Waals surface area contributed by atoms with Gasteiger partial charge in [0.15, 0.2) is 11.5 Å². The van der Waals surface area contributed by atoms with E-state index in [1.807, 2.05) is 65.5 Å². The lowest BCUT2D eigenvalue weighted by Crippen LogP contribution is -2.35. The molecule has 2 aromatic carbocycles. The van der Waals surface area contributed by atoms with Crippen LogP contribution in [0, 0.1) is 0 Å². The highest BCUT2D eigenvalue weighted by Crippen LogP contribution is 2.38. The maximum Gasteiger partial charge on any atom is 0.266 e. The number of carbonyl (C=O) groups excluding carboxylic acids is 1. The van der Waals surface area contributed by atoms with Crippen LogP contribution in [0.25, 0.3) is 23.0 Å². The van der Waals surface area contributed by atoms with Crippen LogP contribution < -0.4 is 9.47 Å². The van der Waals surface area contributed by atoms with Crippen molar-refractivity contribution in [2.45, 2.75) is 18.9 Å². The molecule has 0 N–H and O–H groups in total. The summed E-state index contributed by atoms with van der Waals surface area (Å²) in [6, 6.07) is 15.7. The van der Waals surface area contributed by atoms with Crippen molar-refractivity contribution in [1.29, 1.82) is 0 Å². The van der Waals surface area contributed by atoms with E-state index in [0.29, 0.717) is 34.7 Å². The molecular weight excluding hydrogens is 482 g/mol. The number of fused-ring (bicyclic) bond motifs is 1. The molecule has 0 bridgehead atoms. The van der Waals surface area contributed by atoms with Crippen LogP contribution in [0.1, 0.15) is 18.4 Å². The average molecular weight is 506 g/mol. The van der Waals surface area contributed by atoms with Crippen LogP contribution in [0.4, 0.5) is 0 Å². The monoisotopic (exact) mass is 505 g/mol. The van der Waals surface area contributed by atoms with Crippen LogP contribution in [0.2, 0.25) is 0 Å². The van der Waals surface area contributed by atoms with Gasteiger partial charge in [-0.3, -0.25) is 9.69 Å². The number of amides is 1. The van der Waals surface area contributed by atoms with E-state index in [1.165, 1.54) is 11.8 Å². The summed E-state index contributed by atoms with van der Waals surface area (Å²) in [5, 5.41) is 4.88. The zero-order valence-electron chi connectivity index (χ0n) is 18.9. The predicted octanol–water partition coefficient (Wildman–Crippen LogP) is 4.69. The van der Waals surface area contributed by atoms with E-state index in [9.17, 15) is 4.79 Å². The van der Waals surface area contributed by atoms with Gasteiger partial charge in [-0.1, -0.05) is 42.2 Å². The van der Waals surface area contributed by atoms with E-state index in [0.717, 1.165) is 47.7 Å². The van der Waals surface area contributed by atoms with Gasteiger partial charge in [0.2, 0.25) is 0 Å². The molecule has 6 rings (SSSR count). The fourth-order valence-electron chi connectivity index (χ4n) is 4.41. The number of benzene rings is 2. The van der Waals surface area contributed by atoms with Crippen molar-refractivity contribution in [2.75, 3.05) is 26.4 Å². The number of thioether (sulfide) groups is 1. The van der Waals surface area contributed by atoms with Crippen molar-refractivity contribution in [3.05, 3.63) is 65.2 Å². The SMILES string of the molecule is O=C1/C(=C/c2cn(-c3ccccc3)nc2-c2ccc3c(c2)OCCO3)SC(=S)N1CC1CCCO1. The van der Waals surface area contributed by atoms with Crippen LogP contribution in [0.3, 0.4) is 0 Å². The Balaban J connectivity index is 1.38. The lowest BCUT2D eigenvalue weighted by Gasteiger charge is -2.18. The molecule has 0 saturated carbocycles. The molecule has 35 heavy (non-hydrogen) atoms. The molecule has 1 atom stereocenters. The van der Waals surface area contributed by atoms with E-state index in [-0.39, 0.29) is 12.0 Å². The highest BCUT2D eigenvalue weighted by Gasteiger charge is 2.35. The summed E-state index contributed by atoms with van der Waals surface area (Å²) in [5.41, 5.74) is 3.38. The van der Waals surface area contributed by atoms with E-state index >= 15 is 0 Å². The first-order chi connectivity index (χ1) is 17.2. The second-order valence-corrected chi connectivity index (χ2v) is 10.2. The molecule has 1 aromatic heterocycles. The van der Waals surface area contributed by atoms with Crippen LogP contribution in [-0.4, -0.2) is 57.4 Å². The number of carbonyl (C=O) groups is 1. The predicted molar refractivity (Wildman–Crippen MR) is 139 cm³/mol. The normalized spacial score (nSPS) is 20.7. The molecular formula is C26H23N3O4S2. The number of hydrogen-bond donors (Lipinski definition) is 0. The Morgan fingerprint density at radius 3 is 2.71 bits per heavy atom. The maximum absolute atomic E-state index is 13.3. The molecule has 1 unspecified atom stereocenters. The third-order valence-electron chi connectivity index (χ3n) is 6.15. The number of hydrogen-bond acceptors (Lipinski definition) is 7. The van der Waals surface area contributed by atoms with E-state index in [2.05, 4.69) is 0 Å². The lowest BCUT2D eigenvalue weighted by atomic mass is 10.1. The van der Waals surface area contributed by atoms with Gasteiger partial charge in [0.1, 0.15) is 23.2 Å². The largest absolute Gasteiger partial charge is 0.486 e. The summed E-state index contributed by atoms with van der Waals surface area (Å²) in [6.45, 7) is 2.29. The standard InChI is InChI=1S/C26H23N3O4S2/c30-25-23(35-26(34)28(25)16-20-7-4-10-31-20)14-18-15-29(19-5-2-1-3-6-19)27-24(18)17-8-9-21-22(13-17)33-12-11-32-21/h1-3,5-6,8-9,13-15,20H,4,7,10-12,16H2/b23-14-. The van der Waals surface area contributed by atoms with Crippen molar-refractivity contribution in [3.63, 3.8) is 0 Å². The Morgan fingerprint density at radius 2 is 1.91 bits per heavy atom. The molecule has 3 aliphatic heterocycles. The minimum absolute atomic E-state index is 0.0472. The summed E-state index contributed by atoms with van der Waals surface area (Å²) in [4.78, 5) is 15.5. The van der Waals surface area contributed by atoms with Crippen LogP contribution in [0.15, 0.2) is 59.6 Å². The van der Waals surface area contributed by atoms with Gasteiger partial charge in [0.25, 0.3) is 5.91 Å². The molecule has 3 aromatic rings. The highest BCUT2D eigenvalue weighted by atomic mass is 32.2. The number of thiocarbonyl (C=S) groups is 1. The van der Waals surface area contributed by atoms with Crippen LogP contribution >= 0.6 is 24.0 Å². The number of nitrogens with zero attached hydrogens (tertiary/aromatic N) is 3. The van der Waals surface area contributed by atoms with Crippen molar-refractivity contribution in [2.24, 2.45) is 0 Å². The maximum atomic E-state index is 13.3. The Hall–Kier alpha value is -3.14. The van der Waals surface area contributed by atoms with Crippen molar-refractivity contribution >= 4 is 40.3 Å². The zero-order valence-corrected chi connectivity index (χ0v) is 20.5. The molecule has 3 aliphatic rings. The van der Waals surface area contributed by atoms with E-state index in [4.69, 9.17) is 31.5 Å². The number of rotatable bonds is 5. The van der Waals surface area contributed by atoms with Gasteiger partial charge in [-0.2, -0.15) is 5.10 Å². The molecule has 0 aliphatic carbocycles. The number of ether oxygens (including phenoxy) is 3.